The van der Waals surface area contributed by atoms with Gasteiger partial charge in [0.05, 0.1) is 12.3 Å². The summed E-state index contributed by atoms with van der Waals surface area (Å²) in [6.45, 7) is -0.175. The zero-order valence-corrected chi connectivity index (χ0v) is 15.7. The highest BCUT2D eigenvalue weighted by Gasteiger charge is 2.11. The van der Waals surface area contributed by atoms with Crippen molar-refractivity contribution in [3.63, 3.8) is 0 Å². The van der Waals surface area contributed by atoms with Crippen LogP contribution in [0.3, 0.4) is 0 Å². The summed E-state index contributed by atoms with van der Waals surface area (Å²) in [5, 5.41) is 15.0. The molecule has 4 nitrogen and oxygen atoms in total. The van der Waals surface area contributed by atoms with Crippen molar-refractivity contribution >= 4 is 61.0 Å². The molecule has 0 aromatic heterocycles. The summed E-state index contributed by atoms with van der Waals surface area (Å²) in [6, 6.07) is 10.8. The van der Waals surface area contributed by atoms with Crippen molar-refractivity contribution in [3.05, 3.63) is 50.9 Å². The molecule has 2 rings (SSSR count). The van der Waals surface area contributed by atoms with E-state index < -0.39 is 0 Å². The lowest BCUT2D eigenvalue weighted by molar-refractivity contribution is 0.262. The first-order valence-electron chi connectivity index (χ1n) is 6.34. The Morgan fingerprint density at radius 3 is 2.68 bits per heavy atom. The number of anilines is 2. The molecule has 2 aromatic rings. The van der Waals surface area contributed by atoms with E-state index in [1.807, 2.05) is 36.6 Å². The largest absolute Gasteiger partial charge is 0.392 e. The molecule has 22 heavy (non-hydrogen) atoms. The second kappa shape index (κ2) is 8.01. The number of rotatable bonds is 4. The van der Waals surface area contributed by atoms with Crippen molar-refractivity contribution in [2.45, 2.75) is 11.5 Å². The summed E-state index contributed by atoms with van der Waals surface area (Å²) in [4.78, 5) is 13.2. The van der Waals surface area contributed by atoms with Crippen LogP contribution >= 0.6 is 43.6 Å². The fourth-order valence-electron chi connectivity index (χ4n) is 1.86. The molecule has 3 N–H and O–H groups in total. The summed E-state index contributed by atoms with van der Waals surface area (Å²) in [7, 11) is 0. The first-order chi connectivity index (χ1) is 10.5. The zero-order valence-electron chi connectivity index (χ0n) is 11.7. The Balaban J connectivity index is 2.15. The lowest BCUT2D eigenvalue weighted by Gasteiger charge is -2.13. The molecule has 7 heteroatoms. The summed E-state index contributed by atoms with van der Waals surface area (Å²) >= 11 is 8.34. The van der Waals surface area contributed by atoms with Crippen LogP contribution in [0.2, 0.25) is 0 Å². The van der Waals surface area contributed by atoms with Gasteiger partial charge in [0.25, 0.3) is 0 Å². The van der Waals surface area contributed by atoms with Gasteiger partial charge < -0.3 is 15.7 Å². The monoisotopic (exact) mass is 444 g/mol. The van der Waals surface area contributed by atoms with Gasteiger partial charge in [0.1, 0.15) is 0 Å². The third-order valence-electron chi connectivity index (χ3n) is 2.89. The minimum atomic E-state index is -0.363. The van der Waals surface area contributed by atoms with Gasteiger partial charge in [0.2, 0.25) is 0 Å². The molecule has 2 amide bonds. The van der Waals surface area contributed by atoms with Crippen molar-refractivity contribution < 1.29 is 9.90 Å². The molecule has 0 aliphatic rings. The van der Waals surface area contributed by atoms with Crippen molar-refractivity contribution in [1.82, 2.24) is 0 Å². The molecule has 0 fully saturated rings. The molecule has 0 atom stereocenters. The number of benzene rings is 2. The number of halogens is 2. The first kappa shape index (κ1) is 17.3. The molecule has 0 spiro atoms. The maximum atomic E-state index is 12.1. The van der Waals surface area contributed by atoms with E-state index in [0.29, 0.717) is 16.9 Å². The minimum absolute atomic E-state index is 0.175. The maximum Gasteiger partial charge on any atom is 0.323 e. The molecule has 116 valence electrons. The number of hydrogen-bond acceptors (Lipinski definition) is 3. The van der Waals surface area contributed by atoms with E-state index in [0.717, 1.165) is 13.8 Å². The molecule has 0 aliphatic carbocycles. The molecular formula is C15H14Br2N2O2S. The van der Waals surface area contributed by atoms with Crippen LogP contribution in [0.1, 0.15) is 5.56 Å². The van der Waals surface area contributed by atoms with Crippen molar-refractivity contribution in [2.24, 2.45) is 0 Å². The zero-order chi connectivity index (χ0) is 16.1. The molecule has 0 saturated carbocycles. The molecule has 0 bridgehead atoms. The van der Waals surface area contributed by atoms with Crippen LogP contribution in [0.5, 0.6) is 0 Å². The Morgan fingerprint density at radius 1 is 1.23 bits per heavy atom. The Bertz CT molecular complexity index is 695. The number of nitrogens with one attached hydrogen (secondary N) is 2. The highest BCUT2D eigenvalue weighted by molar-refractivity contribution is 9.11. The van der Waals surface area contributed by atoms with E-state index in [9.17, 15) is 9.90 Å². The molecule has 0 aliphatic heterocycles. The first-order valence-corrected chi connectivity index (χ1v) is 9.15. The summed E-state index contributed by atoms with van der Waals surface area (Å²) in [6.07, 6.45) is 1.98. The van der Waals surface area contributed by atoms with Gasteiger partial charge in [-0.2, -0.15) is 0 Å². The Kier molecular flexibility index (Phi) is 6.31. The predicted molar refractivity (Wildman–Crippen MR) is 98.6 cm³/mol. The van der Waals surface area contributed by atoms with Crippen LogP contribution in [0.25, 0.3) is 0 Å². The smallest absolute Gasteiger partial charge is 0.323 e. The van der Waals surface area contributed by atoms with Gasteiger partial charge >= 0.3 is 6.03 Å². The number of hydrogen-bond donors (Lipinski definition) is 3. The number of carbonyl (C=O) groups is 1. The van der Waals surface area contributed by atoms with Gasteiger partial charge in [-0.15, -0.1) is 11.8 Å². The molecule has 0 unspecified atom stereocenters. The van der Waals surface area contributed by atoms with Gasteiger partial charge in [-0.25, -0.2) is 4.79 Å². The van der Waals surface area contributed by atoms with E-state index in [-0.39, 0.29) is 12.6 Å². The predicted octanol–water partition coefficient (Wildman–Crippen LogP) is 5.07. The maximum absolute atomic E-state index is 12.1. The summed E-state index contributed by atoms with van der Waals surface area (Å²) < 4.78 is 1.53. The van der Waals surface area contributed by atoms with Crippen molar-refractivity contribution in [3.8, 4) is 0 Å². The van der Waals surface area contributed by atoms with E-state index >= 15 is 0 Å². The van der Waals surface area contributed by atoms with Crippen LogP contribution in [0.15, 0.2) is 50.2 Å². The number of carbonyl (C=O) groups excluding carboxylic acids is 1. The fraction of sp³-hybridized carbons (Fsp3) is 0.133. The van der Waals surface area contributed by atoms with Gasteiger partial charge in [-0.05, 0) is 36.6 Å². The van der Waals surface area contributed by atoms with Crippen LogP contribution in [-0.2, 0) is 6.61 Å². The van der Waals surface area contributed by atoms with E-state index in [1.165, 1.54) is 0 Å². The Hall–Kier alpha value is -1.02. The van der Waals surface area contributed by atoms with Crippen LogP contribution < -0.4 is 10.6 Å². The second-order valence-electron chi connectivity index (χ2n) is 4.38. The van der Waals surface area contributed by atoms with E-state index in [2.05, 4.69) is 42.5 Å². The number of urea groups is 1. The molecular weight excluding hydrogens is 432 g/mol. The normalized spacial score (nSPS) is 10.4. The standard InChI is InChI=1S/C15H14Br2N2O2S/c1-22-11-4-2-3-10(7-11)18-15(21)19-14-6-9(16)5-13(17)12(14)8-20/h2-7,20H,8H2,1H3,(H2,18,19,21). The minimum Gasteiger partial charge on any atom is -0.392 e. The lowest BCUT2D eigenvalue weighted by Crippen LogP contribution is -2.20. The average molecular weight is 446 g/mol. The number of aliphatic hydroxyl groups excluding tert-OH is 1. The summed E-state index contributed by atoms with van der Waals surface area (Å²) in [5.74, 6) is 0. The Labute approximate surface area is 149 Å². The SMILES string of the molecule is CSc1cccc(NC(=O)Nc2cc(Br)cc(Br)c2CO)c1. The highest BCUT2D eigenvalue weighted by Crippen LogP contribution is 2.30. The third-order valence-corrected chi connectivity index (χ3v) is 4.78. The Morgan fingerprint density at radius 2 is 2.00 bits per heavy atom. The van der Waals surface area contributed by atoms with Gasteiger partial charge in [0, 0.05) is 25.1 Å². The van der Waals surface area contributed by atoms with Crippen LogP contribution in [0, 0.1) is 0 Å². The van der Waals surface area contributed by atoms with E-state index in [4.69, 9.17) is 0 Å². The third kappa shape index (κ3) is 4.49. The van der Waals surface area contributed by atoms with Crippen LogP contribution in [-0.4, -0.2) is 17.4 Å². The topological polar surface area (TPSA) is 61.4 Å². The summed E-state index contributed by atoms with van der Waals surface area (Å²) in [5.41, 5.74) is 1.88. The number of amides is 2. The highest BCUT2D eigenvalue weighted by atomic mass is 79.9. The molecule has 0 radical (unpaired) electrons. The van der Waals surface area contributed by atoms with Gasteiger partial charge in [0.15, 0.2) is 0 Å². The molecule has 2 aromatic carbocycles. The second-order valence-corrected chi connectivity index (χ2v) is 7.03. The average Bonchev–Trinajstić information content (AvgIpc) is 2.47. The number of thioether (sulfide) groups is 1. The van der Waals surface area contributed by atoms with Gasteiger partial charge in [-0.1, -0.05) is 37.9 Å². The number of aliphatic hydroxyl groups is 1. The van der Waals surface area contributed by atoms with Gasteiger partial charge in [-0.3, -0.25) is 0 Å². The quantitative estimate of drug-likeness (QED) is 0.575. The fourth-order valence-corrected chi connectivity index (χ4v) is 3.67. The molecule has 0 heterocycles. The van der Waals surface area contributed by atoms with Crippen molar-refractivity contribution in [1.29, 1.82) is 0 Å². The lowest BCUT2D eigenvalue weighted by atomic mass is 10.2. The van der Waals surface area contributed by atoms with E-state index in [1.54, 1.807) is 17.8 Å². The van der Waals surface area contributed by atoms with Crippen molar-refractivity contribution in [2.75, 3.05) is 16.9 Å². The van der Waals surface area contributed by atoms with Crippen LogP contribution in [0.4, 0.5) is 16.2 Å². The molecule has 0 saturated heterocycles.